The Balaban J connectivity index is 1.80. The number of nitrogens with one attached hydrogen (secondary N) is 2. The van der Waals surface area contributed by atoms with E-state index in [1.807, 2.05) is 30.3 Å². The molecule has 1 amide bonds. The number of H-pyrrole nitrogens is 1. The van der Waals surface area contributed by atoms with Gasteiger partial charge in [0, 0.05) is 12.7 Å². The molecular formula is C12H13N3O. The second-order valence-electron chi connectivity index (χ2n) is 3.55. The molecule has 1 aromatic carbocycles. The van der Waals surface area contributed by atoms with Crippen LogP contribution in [0.15, 0.2) is 42.7 Å². The predicted molar refractivity (Wildman–Crippen MR) is 60.6 cm³/mol. The summed E-state index contributed by atoms with van der Waals surface area (Å²) in [5.41, 5.74) is 1.99. The minimum Gasteiger partial charge on any atom is -0.352 e. The van der Waals surface area contributed by atoms with Crippen LogP contribution in [0.3, 0.4) is 0 Å². The molecule has 1 aromatic heterocycles. The Labute approximate surface area is 93.7 Å². The number of aromatic nitrogens is 2. The van der Waals surface area contributed by atoms with Crippen molar-refractivity contribution in [3.63, 3.8) is 0 Å². The Morgan fingerprint density at radius 2 is 2.06 bits per heavy atom. The second-order valence-corrected chi connectivity index (χ2v) is 3.55. The average molecular weight is 215 g/mol. The van der Waals surface area contributed by atoms with Crippen LogP contribution >= 0.6 is 0 Å². The summed E-state index contributed by atoms with van der Waals surface area (Å²) in [5.74, 6) is 0.00486. The van der Waals surface area contributed by atoms with Crippen LogP contribution in [0.1, 0.15) is 11.1 Å². The Bertz CT molecular complexity index is 437. The van der Waals surface area contributed by atoms with Crippen molar-refractivity contribution >= 4 is 5.91 Å². The van der Waals surface area contributed by atoms with Crippen LogP contribution in [0, 0.1) is 0 Å². The predicted octanol–water partition coefficient (Wildman–Crippen LogP) is 1.27. The summed E-state index contributed by atoms with van der Waals surface area (Å²) in [6, 6.07) is 9.84. The van der Waals surface area contributed by atoms with Crippen molar-refractivity contribution in [2.45, 2.75) is 13.0 Å². The Morgan fingerprint density at radius 1 is 1.25 bits per heavy atom. The van der Waals surface area contributed by atoms with E-state index in [-0.39, 0.29) is 5.91 Å². The number of benzene rings is 1. The molecule has 2 rings (SSSR count). The topological polar surface area (TPSA) is 57.8 Å². The van der Waals surface area contributed by atoms with Crippen LogP contribution in [0.5, 0.6) is 0 Å². The first-order valence-corrected chi connectivity index (χ1v) is 5.13. The van der Waals surface area contributed by atoms with E-state index in [1.54, 1.807) is 12.4 Å². The number of carbonyl (C=O) groups excluding carboxylic acids is 1. The Kier molecular flexibility index (Phi) is 3.33. The first-order chi connectivity index (χ1) is 7.84. The summed E-state index contributed by atoms with van der Waals surface area (Å²) in [7, 11) is 0. The first kappa shape index (κ1) is 10.4. The molecule has 82 valence electrons. The molecule has 0 bridgehead atoms. The largest absolute Gasteiger partial charge is 0.352 e. The van der Waals surface area contributed by atoms with Crippen molar-refractivity contribution < 1.29 is 4.79 Å². The van der Waals surface area contributed by atoms with Gasteiger partial charge in [-0.3, -0.25) is 9.89 Å². The van der Waals surface area contributed by atoms with Crippen LogP contribution in [0.2, 0.25) is 0 Å². The second kappa shape index (κ2) is 5.11. The molecule has 4 heteroatoms. The lowest BCUT2D eigenvalue weighted by atomic mass is 10.2. The van der Waals surface area contributed by atoms with Crippen molar-refractivity contribution in [2.24, 2.45) is 0 Å². The molecule has 0 aliphatic rings. The highest BCUT2D eigenvalue weighted by Gasteiger charge is 2.03. The van der Waals surface area contributed by atoms with E-state index in [9.17, 15) is 4.79 Å². The summed E-state index contributed by atoms with van der Waals surface area (Å²) in [6.07, 6.45) is 3.74. The number of aromatic amines is 1. The van der Waals surface area contributed by atoms with Crippen LogP contribution in [0.25, 0.3) is 0 Å². The normalized spacial score (nSPS) is 10.0. The van der Waals surface area contributed by atoms with Gasteiger partial charge in [-0.2, -0.15) is 5.10 Å². The van der Waals surface area contributed by atoms with E-state index in [1.165, 1.54) is 0 Å². The van der Waals surface area contributed by atoms with Crippen molar-refractivity contribution in [3.05, 3.63) is 53.9 Å². The summed E-state index contributed by atoms with van der Waals surface area (Å²) >= 11 is 0. The van der Waals surface area contributed by atoms with Crippen molar-refractivity contribution in [3.8, 4) is 0 Å². The lowest BCUT2D eigenvalue weighted by Gasteiger charge is -2.03. The van der Waals surface area contributed by atoms with Gasteiger partial charge in [-0.25, -0.2) is 0 Å². The maximum Gasteiger partial charge on any atom is 0.224 e. The molecule has 4 nitrogen and oxygen atoms in total. The third-order valence-corrected chi connectivity index (χ3v) is 2.25. The molecule has 16 heavy (non-hydrogen) atoms. The van der Waals surface area contributed by atoms with Gasteiger partial charge in [0.25, 0.3) is 0 Å². The fraction of sp³-hybridized carbons (Fsp3) is 0.167. The number of hydrogen-bond acceptors (Lipinski definition) is 2. The van der Waals surface area contributed by atoms with Crippen LogP contribution in [-0.4, -0.2) is 16.1 Å². The van der Waals surface area contributed by atoms with Gasteiger partial charge in [0.15, 0.2) is 0 Å². The van der Waals surface area contributed by atoms with Crippen LogP contribution in [-0.2, 0) is 17.8 Å². The molecule has 0 saturated carbocycles. The molecule has 0 fully saturated rings. The SMILES string of the molecule is O=C(Cc1cn[nH]c1)NCc1ccccc1. The summed E-state index contributed by atoms with van der Waals surface area (Å²) in [5, 5.41) is 9.32. The molecule has 0 atom stereocenters. The molecule has 0 saturated heterocycles. The van der Waals surface area contributed by atoms with Gasteiger partial charge in [0.05, 0.1) is 12.6 Å². The third kappa shape index (κ3) is 2.95. The van der Waals surface area contributed by atoms with E-state index < -0.39 is 0 Å². The van der Waals surface area contributed by atoms with E-state index >= 15 is 0 Å². The highest BCUT2D eigenvalue weighted by atomic mass is 16.1. The molecule has 0 unspecified atom stereocenters. The zero-order valence-electron chi connectivity index (χ0n) is 8.81. The van der Waals surface area contributed by atoms with E-state index in [4.69, 9.17) is 0 Å². The zero-order chi connectivity index (χ0) is 11.2. The fourth-order valence-corrected chi connectivity index (χ4v) is 1.42. The fourth-order valence-electron chi connectivity index (χ4n) is 1.42. The number of hydrogen-bond donors (Lipinski definition) is 2. The highest BCUT2D eigenvalue weighted by Crippen LogP contribution is 1.99. The molecule has 0 radical (unpaired) electrons. The van der Waals surface area contributed by atoms with Crippen LogP contribution in [0.4, 0.5) is 0 Å². The lowest BCUT2D eigenvalue weighted by molar-refractivity contribution is -0.120. The van der Waals surface area contributed by atoms with Crippen molar-refractivity contribution in [2.75, 3.05) is 0 Å². The van der Waals surface area contributed by atoms with E-state index in [0.717, 1.165) is 11.1 Å². The zero-order valence-corrected chi connectivity index (χ0v) is 8.81. The minimum atomic E-state index is 0.00486. The summed E-state index contributed by atoms with van der Waals surface area (Å²) < 4.78 is 0. The standard InChI is InChI=1S/C12H13N3O/c16-12(6-11-8-14-15-9-11)13-7-10-4-2-1-3-5-10/h1-5,8-9H,6-7H2,(H,13,16)(H,14,15). The summed E-state index contributed by atoms with van der Waals surface area (Å²) in [4.78, 5) is 11.5. The van der Waals surface area contributed by atoms with E-state index in [0.29, 0.717) is 13.0 Å². The van der Waals surface area contributed by atoms with E-state index in [2.05, 4.69) is 15.5 Å². The maximum absolute atomic E-state index is 11.5. The summed E-state index contributed by atoms with van der Waals surface area (Å²) in [6.45, 7) is 0.567. The highest BCUT2D eigenvalue weighted by molar-refractivity contribution is 5.78. The van der Waals surface area contributed by atoms with Gasteiger partial charge in [0.1, 0.15) is 0 Å². The first-order valence-electron chi connectivity index (χ1n) is 5.13. The van der Waals surface area contributed by atoms with Gasteiger partial charge < -0.3 is 5.32 Å². The number of nitrogens with zero attached hydrogens (tertiary/aromatic N) is 1. The lowest BCUT2D eigenvalue weighted by Crippen LogP contribution is -2.24. The van der Waals surface area contributed by atoms with Gasteiger partial charge in [0.2, 0.25) is 5.91 Å². The minimum absolute atomic E-state index is 0.00486. The van der Waals surface area contributed by atoms with Crippen molar-refractivity contribution in [1.29, 1.82) is 0 Å². The third-order valence-electron chi connectivity index (χ3n) is 2.25. The molecule has 0 aliphatic heterocycles. The molecule has 0 aliphatic carbocycles. The maximum atomic E-state index is 11.5. The smallest absolute Gasteiger partial charge is 0.224 e. The Hall–Kier alpha value is -2.10. The molecule has 2 N–H and O–H groups in total. The van der Waals surface area contributed by atoms with Gasteiger partial charge in [-0.1, -0.05) is 30.3 Å². The quantitative estimate of drug-likeness (QED) is 0.806. The van der Waals surface area contributed by atoms with Gasteiger partial charge in [-0.05, 0) is 11.1 Å². The number of rotatable bonds is 4. The van der Waals surface area contributed by atoms with Crippen LogP contribution < -0.4 is 5.32 Å². The monoisotopic (exact) mass is 215 g/mol. The number of amides is 1. The molecule has 0 spiro atoms. The molecule has 2 aromatic rings. The van der Waals surface area contributed by atoms with Crippen molar-refractivity contribution in [1.82, 2.24) is 15.5 Å². The number of carbonyl (C=O) groups is 1. The Morgan fingerprint density at radius 3 is 2.75 bits per heavy atom. The van der Waals surface area contributed by atoms with Gasteiger partial charge >= 0.3 is 0 Å². The molecular weight excluding hydrogens is 202 g/mol. The average Bonchev–Trinajstić information content (AvgIpc) is 2.81. The molecule has 1 heterocycles. The van der Waals surface area contributed by atoms with Gasteiger partial charge in [-0.15, -0.1) is 0 Å².